The maximum absolute atomic E-state index is 6.44. The van der Waals surface area contributed by atoms with Crippen molar-refractivity contribution < 1.29 is 0 Å². The second-order valence-corrected chi connectivity index (χ2v) is 11.2. The number of unbranched alkanes of at least 4 members (excludes halogenated alkanes) is 6. The molecule has 0 aliphatic carbocycles. The number of nitrogens with two attached hydrogens (primary N) is 2. The zero-order valence-corrected chi connectivity index (χ0v) is 25.2. The number of nitrogens with one attached hydrogen (secondary N) is 4. The lowest BCUT2D eigenvalue weighted by molar-refractivity contribution is 0.531. The fourth-order valence-corrected chi connectivity index (χ4v) is 4.80. The molecule has 2 unspecified atom stereocenters. The molecule has 6 heteroatoms. The quantitative estimate of drug-likeness (QED) is 0.0889. The third-order valence-corrected chi connectivity index (χ3v) is 7.20. The summed E-state index contributed by atoms with van der Waals surface area (Å²) in [6, 6.07) is 9.25. The summed E-state index contributed by atoms with van der Waals surface area (Å²) < 4.78 is 0. The van der Waals surface area contributed by atoms with E-state index in [4.69, 9.17) is 11.5 Å². The monoisotopic (exact) mass is 533 g/mol. The summed E-state index contributed by atoms with van der Waals surface area (Å²) in [4.78, 5) is 0. The van der Waals surface area contributed by atoms with E-state index in [1.807, 2.05) is 0 Å². The number of benzene rings is 1. The highest BCUT2D eigenvalue weighted by molar-refractivity contribution is 5.25. The van der Waals surface area contributed by atoms with Crippen molar-refractivity contribution in [3.8, 4) is 0 Å². The predicted molar refractivity (Wildman–Crippen MR) is 168 cm³/mol. The van der Waals surface area contributed by atoms with Crippen LogP contribution in [0.4, 0.5) is 0 Å². The molecule has 1 aromatic carbocycles. The van der Waals surface area contributed by atoms with Gasteiger partial charge in [0.1, 0.15) is 0 Å². The molecule has 2 atom stereocenters. The second kappa shape index (κ2) is 26.2. The molecule has 0 saturated heterocycles. The molecule has 0 bridgehead atoms. The van der Waals surface area contributed by atoms with Gasteiger partial charge >= 0.3 is 0 Å². The van der Waals surface area contributed by atoms with E-state index >= 15 is 0 Å². The molecule has 222 valence electrons. The molecule has 1 aromatic rings. The van der Waals surface area contributed by atoms with E-state index in [1.165, 1.54) is 75.3 Å². The predicted octanol–water partition coefficient (Wildman–Crippen LogP) is 4.51. The molecule has 0 aliphatic heterocycles. The van der Waals surface area contributed by atoms with Crippen LogP contribution in [0.5, 0.6) is 0 Å². The third kappa shape index (κ3) is 21.9. The minimum Gasteiger partial charge on any atom is -0.327 e. The van der Waals surface area contributed by atoms with Gasteiger partial charge in [-0.25, -0.2) is 0 Å². The Kier molecular flexibility index (Phi) is 24.2. The van der Waals surface area contributed by atoms with Gasteiger partial charge in [0.15, 0.2) is 0 Å². The Balaban J connectivity index is 2.05. The standard InChI is InChI=1S/C32H64N6/c1-3-5-7-9-18-35-20-12-22-37-24-16-31(33)27-29-14-11-15-30(26-29)28-32(34)17-25-38-23-13-21-36-19-10-8-6-4-2/h11,14-15,26,31-32,35-38H,3-10,12-13,16-25,27-28,33-34H2,1-2H3. The van der Waals surface area contributed by atoms with Gasteiger partial charge in [0.2, 0.25) is 0 Å². The lowest BCUT2D eigenvalue weighted by Crippen LogP contribution is -2.30. The molecular weight excluding hydrogens is 468 g/mol. The molecule has 0 heterocycles. The van der Waals surface area contributed by atoms with Crippen LogP contribution in [-0.4, -0.2) is 64.4 Å². The van der Waals surface area contributed by atoms with E-state index < -0.39 is 0 Å². The normalized spacial score (nSPS) is 13.2. The van der Waals surface area contributed by atoms with Crippen molar-refractivity contribution in [3.05, 3.63) is 35.4 Å². The highest BCUT2D eigenvalue weighted by atomic mass is 14.9. The molecule has 0 radical (unpaired) electrons. The minimum atomic E-state index is 0.193. The molecule has 0 fully saturated rings. The summed E-state index contributed by atoms with van der Waals surface area (Å²) in [5.74, 6) is 0. The van der Waals surface area contributed by atoms with Crippen LogP contribution in [0.3, 0.4) is 0 Å². The van der Waals surface area contributed by atoms with Gasteiger partial charge in [-0.15, -0.1) is 0 Å². The summed E-state index contributed by atoms with van der Waals surface area (Å²) in [5.41, 5.74) is 15.5. The van der Waals surface area contributed by atoms with Gasteiger partial charge in [0.05, 0.1) is 0 Å². The van der Waals surface area contributed by atoms with Crippen LogP contribution in [0.15, 0.2) is 24.3 Å². The topological polar surface area (TPSA) is 100 Å². The Morgan fingerprint density at radius 2 is 0.921 bits per heavy atom. The molecule has 0 amide bonds. The van der Waals surface area contributed by atoms with Crippen molar-refractivity contribution in [2.24, 2.45) is 11.5 Å². The van der Waals surface area contributed by atoms with Gasteiger partial charge in [-0.3, -0.25) is 0 Å². The first-order chi connectivity index (χ1) is 18.7. The van der Waals surface area contributed by atoms with Crippen LogP contribution in [0, 0.1) is 0 Å². The van der Waals surface area contributed by atoms with Crippen LogP contribution in [0.2, 0.25) is 0 Å². The molecule has 0 saturated carbocycles. The van der Waals surface area contributed by atoms with Crippen molar-refractivity contribution >= 4 is 0 Å². The Morgan fingerprint density at radius 1 is 0.526 bits per heavy atom. The number of hydrogen-bond donors (Lipinski definition) is 6. The summed E-state index contributed by atoms with van der Waals surface area (Å²) in [6.45, 7) is 13.1. The molecule has 6 nitrogen and oxygen atoms in total. The van der Waals surface area contributed by atoms with Crippen molar-refractivity contribution in [3.63, 3.8) is 0 Å². The fraction of sp³-hybridized carbons (Fsp3) is 0.812. The van der Waals surface area contributed by atoms with E-state index in [-0.39, 0.29) is 12.1 Å². The van der Waals surface area contributed by atoms with Crippen LogP contribution in [0.1, 0.15) is 102 Å². The molecular formula is C32H64N6. The zero-order chi connectivity index (χ0) is 27.5. The van der Waals surface area contributed by atoms with E-state index in [0.717, 1.165) is 78.0 Å². The molecule has 8 N–H and O–H groups in total. The maximum Gasteiger partial charge on any atom is 0.00914 e. The molecule has 38 heavy (non-hydrogen) atoms. The Bertz CT molecular complexity index is 576. The van der Waals surface area contributed by atoms with E-state index in [9.17, 15) is 0 Å². The maximum atomic E-state index is 6.44. The SMILES string of the molecule is CCCCCCNCCCNCCC(N)Cc1cccc(CC(N)CCNCCCNCCCCCC)c1. The molecule has 0 aromatic heterocycles. The second-order valence-electron chi connectivity index (χ2n) is 11.2. The van der Waals surface area contributed by atoms with Gasteiger partial charge in [0.25, 0.3) is 0 Å². The Labute approximate surface area is 236 Å². The van der Waals surface area contributed by atoms with Crippen LogP contribution in [0.25, 0.3) is 0 Å². The van der Waals surface area contributed by atoms with Crippen molar-refractivity contribution in [1.29, 1.82) is 0 Å². The van der Waals surface area contributed by atoms with Crippen molar-refractivity contribution in [2.75, 3.05) is 52.4 Å². The average molecular weight is 533 g/mol. The van der Waals surface area contributed by atoms with Crippen LogP contribution < -0.4 is 32.7 Å². The van der Waals surface area contributed by atoms with Crippen molar-refractivity contribution in [1.82, 2.24) is 21.3 Å². The smallest absolute Gasteiger partial charge is 0.00914 e. The minimum absolute atomic E-state index is 0.193. The van der Waals surface area contributed by atoms with Gasteiger partial charge in [0, 0.05) is 12.1 Å². The first kappa shape index (κ1) is 35.0. The van der Waals surface area contributed by atoms with E-state index in [0.29, 0.717) is 0 Å². The van der Waals surface area contributed by atoms with Crippen LogP contribution in [-0.2, 0) is 12.8 Å². The Hall–Kier alpha value is -1.02. The summed E-state index contributed by atoms with van der Waals surface area (Å²) in [5, 5.41) is 14.2. The third-order valence-electron chi connectivity index (χ3n) is 7.20. The lowest BCUT2D eigenvalue weighted by atomic mass is 9.98. The average Bonchev–Trinajstić information content (AvgIpc) is 2.90. The fourth-order valence-electron chi connectivity index (χ4n) is 4.80. The highest BCUT2D eigenvalue weighted by Gasteiger charge is 2.08. The van der Waals surface area contributed by atoms with E-state index in [2.05, 4.69) is 59.4 Å². The first-order valence-corrected chi connectivity index (χ1v) is 16.1. The van der Waals surface area contributed by atoms with Gasteiger partial charge < -0.3 is 32.7 Å². The van der Waals surface area contributed by atoms with Gasteiger partial charge in [-0.2, -0.15) is 0 Å². The summed E-state index contributed by atoms with van der Waals surface area (Å²) in [7, 11) is 0. The molecule has 0 spiro atoms. The number of hydrogen-bond acceptors (Lipinski definition) is 6. The van der Waals surface area contributed by atoms with Crippen molar-refractivity contribution in [2.45, 2.75) is 116 Å². The first-order valence-electron chi connectivity index (χ1n) is 16.1. The molecule has 1 rings (SSSR count). The lowest BCUT2D eigenvalue weighted by Gasteiger charge is -2.15. The highest BCUT2D eigenvalue weighted by Crippen LogP contribution is 2.11. The van der Waals surface area contributed by atoms with Crippen LogP contribution >= 0.6 is 0 Å². The van der Waals surface area contributed by atoms with E-state index in [1.54, 1.807) is 0 Å². The number of rotatable bonds is 28. The van der Waals surface area contributed by atoms with Gasteiger partial charge in [-0.05, 0) is 115 Å². The molecule has 0 aliphatic rings. The largest absolute Gasteiger partial charge is 0.327 e. The zero-order valence-electron chi connectivity index (χ0n) is 25.2. The van der Waals surface area contributed by atoms with Gasteiger partial charge in [-0.1, -0.05) is 76.6 Å². The Morgan fingerprint density at radius 3 is 1.34 bits per heavy atom. The summed E-state index contributed by atoms with van der Waals surface area (Å²) >= 11 is 0. The summed E-state index contributed by atoms with van der Waals surface area (Å²) in [6.07, 6.45) is 16.9.